The fraction of sp³-hybridized carbons (Fsp3) is 0.625. The van der Waals surface area contributed by atoms with E-state index >= 15 is 0 Å². The molecular formula is C24H33FN4. The van der Waals surface area contributed by atoms with Gasteiger partial charge in [0.1, 0.15) is 11.6 Å². The number of nitrogens with zero attached hydrogens (tertiary/aromatic N) is 4. The maximum atomic E-state index is 13.8. The lowest BCUT2D eigenvalue weighted by molar-refractivity contribution is -0.0709. The zero-order valence-electron chi connectivity index (χ0n) is 17.5. The molecule has 0 spiro atoms. The van der Waals surface area contributed by atoms with Crippen LogP contribution in [0.3, 0.4) is 0 Å². The van der Waals surface area contributed by atoms with E-state index in [1.807, 2.05) is 18.5 Å². The largest absolute Gasteiger partial charge is 0.338 e. The number of piperidine rings is 3. The van der Waals surface area contributed by atoms with E-state index in [0.717, 1.165) is 36.9 Å². The van der Waals surface area contributed by atoms with Crippen LogP contribution in [0.4, 0.5) is 4.39 Å². The van der Waals surface area contributed by atoms with Crippen LogP contribution in [-0.4, -0.2) is 57.6 Å². The van der Waals surface area contributed by atoms with Crippen molar-refractivity contribution in [3.05, 3.63) is 53.9 Å². The lowest BCUT2D eigenvalue weighted by atomic mass is 9.71. The van der Waals surface area contributed by atoms with E-state index in [-0.39, 0.29) is 5.82 Å². The van der Waals surface area contributed by atoms with Crippen LogP contribution in [0.1, 0.15) is 37.1 Å². The molecule has 2 bridgehead atoms. The number of hydrogen-bond donors (Lipinski definition) is 0. The summed E-state index contributed by atoms with van der Waals surface area (Å²) in [7, 11) is 2.09. The summed E-state index contributed by atoms with van der Waals surface area (Å²) in [6.45, 7) is 4.72. The summed E-state index contributed by atoms with van der Waals surface area (Å²) in [5.74, 6) is 2.55. The minimum Gasteiger partial charge on any atom is -0.338 e. The van der Waals surface area contributed by atoms with E-state index in [9.17, 15) is 4.39 Å². The van der Waals surface area contributed by atoms with Gasteiger partial charge in [-0.25, -0.2) is 9.37 Å². The summed E-state index contributed by atoms with van der Waals surface area (Å²) in [4.78, 5) is 10.0. The average Bonchev–Trinajstić information content (AvgIpc) is 3.14. The fourth-order valence-corrected chi connectivity index (χ4v) is 6.27. The van der Waals surface area contributed by atoms with Crippen LogP contribution >= 0.6 is 0 Å². The zero-order valence-corrected chi connectivity index (χ0v) is 17.5. The molecule has 1 aromatic heterocycles. The molecule has 0 aliphatic carbocycles. The second-order valence-electron chi connectivity index (χ2n) is 9.42. The summed E-state index contributed by atoms with van der Waals surface area (Å²) >= 11 is 0. The molecule has 0 radical (unpaired) electrons. The van der Waals surface area contributed by atoms with Crippen molar-refractivity contribution < 1.29 is 4.39 Å². The first-order valence-corrected chi connectivity index (χ1v) is 11.4. The molecule has 4 heterocycles. The van der Waals surface area contributed by atoms with Gasteiger partial charge in [0, 0.05) is 57.6 Å². The molecule has 0 unspecified atom stereocenters. The van der Waals surface area contributed by atoms with E-state index in [2.05, 4.69) is 32.5 Å². The summed E-state index contributed by atoms with van der Waals surface area (Å²) in [5.41, 5.74) is 1.16. The first kappa shape index (κ1) is 19.3. The maximum Gasteiger partial charge on any atom is 0.123 e. The van der Waals surface area contributed by atoms with Crippen molar-refractivity contribution in [2.75, 3.05) is 26.2 Å². The Kier molecular flexibility index (Phi) is 5.44. The molecule has 5 heteroatoms. The summed E-state index contributed by atoms with van der Waals surface area (Å²) in [6.07, 6.45) is 11.3. The Hall–Kier alpha value is -1.72. The van der Waals surface area contributed by atoms with Gasteiger partial charge in [-0.05, 0) is 61.8 Å². The van der Waals surface area contributed by atoms with Gasteiger partial charge < -0.3 is 9.47 Å². The van der Waals surface area contributed by atoms with Crippen LogP contribution in [-0.2, 0) is 19.9 Å². The smallest absolute Gasteiger partial charge is 0.123 e. The van der Waals surface area contributed by atoms with E-state index < -0.39 is 0 Å². The topological polar surface area (TPSA) is 24.3 Å². The number of rotatable bonds is 5. The average molecular weight is 397 g/mol. The van der Waals surface area contributed by atoms with Crippen molar-refractivity contribution >= 4 is 0 Å². The second-order valence-corrected chi connectivity index (χ2v) is 9.42. The number of imidazole rings is 1. The van der Waals surface area contributed by atoms with Crippen LogP contribution in [0.15, 0.2) is 36.7 Å². The predicted octanol–water partition coefficient (Wildman–Crippen LogP) is 3.52. The van der Waals surface area contributed by atoms with Crippen molar-refractivity contribution in [3.63, 3.8) is 0 Å². The molecule has 29 heavy (non-hydrogen) atoms. The first-order chi connectivity index (χ1) is 14.2. The van der Waals surface area contributed by atoms with Crippen molar-refractivity contribution in [1.29, 1.82) is 0 Å². The third-order valence-corrected chi connectivity index (χ3v) is 7.60. The molecule has 5 rings (SSSR count). The number of likely N-dealkylation sites (tertiary alicyclic amines) is 1. The Bertz CT molecular complexity index is 834. The van der Waals surface area contributed by atoms with Crippen molar-refractivity contribution in [3.8, 4) is 0 Å². The van der Waals surface area contributed by atoms with E-state index in [1.54, 1.807) is 12.1 Å². The van der Waals surface area contributed by atoms with Gasteiger partial charge in [-0.3, -0.25) is 4.90 Å². The third kappa shape index (κ3) is 3.99. The summed E-state index contributed by atoms with van der Waals surface area (Å²) in [5, 5.41) is 0. The Morgan fingerprint density at radius 2 is 2.07 bits per heavy atom. The van der Waals surface area contributed by atoms with Crippen LogP contribution in [0, 0.1) is 17.7 Å². The Balaban J connectivity index is 1.33. The number of halogens is 1. The van der Waals surface area contributed by atoms with Crippen molar-refractivity contribution in [1.82, 2.24) is 19.4 Å². The summed E-state index contributed by atoms with van der Waals surface area (Å²) < 4.78 is 15.9. The fourth-order valence-electron chi connectivity index (χ4n) is 6.27. The van der Waals surface area contributed by atoms with Crippen LogP contribution < -0.4 is 0 Å². The Morgan fingerprint density at radius 1 is 1.17 bits per heavy atom. The number of aromatic nitrogens is 2. The van der Waals surface area contributed by atoms with Gasteiger partial charge >= 0.3 is 0 Å². The summed E-state index contributed by atoms with van der Waals surface area (Å²) in [6, 6.07) is 8.54. The maximum absolute atomic E-state index is 13.8. The van der Waals surface area contributed by atoms with Gasteiger partial charge in [0.2, 0.25) is 0 Å². The normalized spacial score (nSPS) is 30.3. The molecule has 0 N–H and O–H groups in total. The minimum absolute atomic E-state index is 0.105. The zero-order chi connectivity index (χ0) is 19.8. The minimum atomic E-state index is -0.105. The molecule has 1 aromatic carbocycles. The third-order valence-electron chi connectivity index (χ3n) is 7.60. The highest BCUT2D eigenvalue weighted by molar-refractivity contribution is 5.19. The predicted molar refractivity (Wildman–Crippen MR) is 113 cm³/mol. The molecule has 3 aliphatic rings. The SMILES string of the molecule is Cn1ccnc1CCN1C[C@H]2C[C@@H](C1)[C@H](Cc1cccc(F)c1)N1CCCC[C@@H]21. The van der Waals surface area contributed by atoms with Crippen LogP contribution in [0.5, 0.6) is 0 Å². The van der Waals surface area contributed by atoms with Gasteiger partial charge in [-0.15, -0.1) is 0 Å². The molecule has 156 valence electrons. The second kappa shape index (κ2) is 8.19. The van der Waals surface area contributed by atoms with Gasteiger partial charge in [0.25, 0.3) is 0 Å². The number of aryl methyl sites for hydroxylation is 1. The molecule has 3 fully saturated rings. The molecule has 0 saturated carbocycles. The van der Waals surface area contributed by atoms with Gasteiger partial charge in [-0.2, -0.15) is 0 Å². The van der Waals surface area contributed by atoms with E-state index in [4.69, 9.17) is 0 Å². The van der Waals surface area contributed by atoms with Gasteiger partial charge in [0.05, 0.1) is 0 Å². The highest BCUT2D eigenvalue weighted by Gasteiger charge is 2.46. The number of hydrogen-bond acceptors (Lipinski definition) is 3. The quantitative estimate of drug-likeness (QED) is 0.773. The Labute approximate surface area is 173 Å². The van der Waals surface area contributed by atoms with Crippen molar-refractivity contribution in [2.45, 2.75) is 50.6 Å². The van der Waals surface area contributed by atoms with E-state index in [1.165, 1.54) is 51.1 Å². The number of benzene rings is 1. The lowest BCUT2D eigenvalue weighted by Crippen LogP contribution is -2.64. The number of fused-ring (bicyclic) bond motifs is 4. The molecule has 4 atom stereocenters. The highest BCUT2D eigenvalue weighted by atomic mass is 19.1. The molecule has 0 amide bonds. The molecule has 3 saturated heterocycles. The Morgan fingerprint density at radius 3 is 2.90 bits per heavy atom. The van der Waals surface area contributed by atoms with Gasteiger partial charge in [-0.1, -0.05) is 18.6 Å². The molecule has 4 nitrogen and oxygen atoms in total. The molecule has 3 aliphatic heterocycles. The van der Waals surface area contributed by atoms with Crippen LogP contribution in [0.2, 0.25) is 0 Å². The van der Waals surface area contributed by atoms with Gasteiger partial charge in [0.15, 0.2) is 0 Å². The monoisotopic (exact) mass is 396 g/mol. The van der Waals surface area contributed by atoms with Crippen LogP contribution in [0.25, 0.3) is 0 Å². The molecular weight excluding hydrogens is 363 g/mol. The highest BCUT2D eigenvalue weighted by Crippen LogP contribution is 2.42. The molecule has 2 aromatic rings. The lowest BCUT2D eigenvalue weighted by Gasteiger charge is -2.57. The standard InChI is InChI=1S/C24H33FN4/c1-27-12-9-26-24(27)8-11-28-16-19-15-20(17-28)23(29-10-3-2-7-22(19)29)14-18-5-4-6-21(25)13-18/h4-6,9,12-13,19-20,22-23H,2-3,7-8,10-11,14-17H2,1H3/t19-,20+,22+,23+/m1/s1. The van der Waals surface area contributed by atoms with E-state index in [0.29, 0.717) is 12.0 Å². The first-order valence-electron chi connectivity index (χ1n) is 11.4. The van der Waals surface area contributed by atoms with Crippen molar-refractivity contribution in [2.24, 2.45) is 18.9 Å².